The summed E-state index contributed by atoms with van der Waals surface area (Å²) < 4.78 is 13.2. The van der Waals surface area contributed by atoms with Crippen LogP contribution in [0.3, 0.4) is 0 Å². The summed E-state index contributed by atoms with van der Waals surface area (Å²) in [5.74, 6) is 0.823. The van der Waals surface area contributed by atoms with Crippen LogP contribution in [0.15, 0.2) is 66.7 Å². The third-order valence-corrected chi connectivity index (χ3v) is 9.16. The van der Waals surface area contributed by atoms with Gasteiger partial charge in [0.2, 0.25) is 0 Å². The Morgan fingerprint density at radius 1 is 0.805 bits per heavy atom. The summed E-state index contributed by atoms with van der Waals surface area (Å²) in [5.41, 5.74) is 7.77. The van der Waals surface area contributed by atoms with Crippen molar-refractivity contribution in [3.05, 3.63) is 106 Å². The van der Waals surface area contributed by atoms with Gasteiger partial charge < -0.3 is 0 Å². The van der Waals surface area contributed by atoms with E-state index in [0.29, 0.717) is 18.1 Å². The number of carbonyl (C=O) groups is 1. The molecule has 218 valence electrons. The van der Waals surface area contributed by atoms with E-state index in [1.165, 1.54) is 40.7 Å². The van der Waals surface area contributed by atoms with Crippen molar-refractivity contribution in [2.24, 2.45) is 5.92 Å². The maximum Gasteiger partial charge on any atom is 0.162 e. The van der Waals surface area contributed by atoms with E-state index >= 15 is 0 Å². The first-order valence-corrected chi connectivity index (χ1v) is 15.7. The summed E-state index contributed by atoms with van der Waals surface area (Å²) in [6.07, 6.45) is 7.17. The molecule has 0 aliphatic carbocycles. The number of piperidine rings is 1. The SMILES string of the molecule is CC(C)(C)c1cccc(CN2CCc3ccc(C(=O)CCCC4CCN(Cc5ccc(F)cc5)CC4)cc3CC2)c1. The number of likely N-dealkylation sites (tertiary alicyclic amines) is 1. The van der Waals surface area contributed by atoms with Crippen LogP contribution >= 0.6 is 0 Å². The van der Waals surface area contributed by atoms with Crippen LogP contribution in [0.1, 0.15) is 91.1 Å². The minimum atomic E-state index is -0.173. The van der Waals surface area contributed by atoms with Crippen molar-refractivity contribution < 1.29 is 9.18 Å². The number of Topliss-reactive ketones (excluding diaryl/α,β-unsaturated/α-hetero) is 1. The van der Waals surface area contributed by atoms with Gasteiger partial charge in [0.05, 0.1) is 0 Å². The first kappa shape index (κ1) is 29.7. The number of benzene rings is 3. The average Bonchev–Trinajstić information content (AvgIpc) is 3.16. The Morgan fingerprint density at radius 3 is 2.22 bits per heavy atom. The number of fused-ring (bicyclic) bond motifs is 1. The van der Waals surface area contributed by atoms with Gasteiger partial charge in [-0.25, -0.2) is 4.39 Å². The second kappa shape index (κ2) is 13.4. The van der Waals surface area contributed by atoms with Gasteiger partial charge in [0, 0.05) is 38.2 Å². The summed E-state index contributed by atoms with van der Waals surface area (Å²) in [6.45, 7) is 13.0. The highest BCUT2D eigenvalue weighted by atomic mass is 19.1. The molecule has 4 heteroatoms. The number of hydrogen-bond acceptors (Lipinski definition) is 3. The van der Waals surface area contributed by atoms with Crippen molar-refractivity contribution in [1.82, 2.24) is 9.80 Å². The summed E-state index contributed by atoms with van der Waals surface area (Å²) in [4.78, 5) is 18.1. The predicted molar refractivity (Wildman–Crippen MR) is 167 cm³/mol. The van der Waals surface area contributed by atoms with Crippen molar-refractivity contribution in [1.29, 1.82) is 0 Å². The highest BCUT2D eigenvalue weighted by Gasteiger charge is 2.21. The number of nitrogens with zero attached hydrogens (tertiary/aromatic N) is 2. The second-order valence-corrected chi connectivity index (χ2v) is 13.4. The molecule has 2 aliphatic heterocycles. The number of carbonyl (C=O) groups excluding carboxylic acids is 1. The molecule has 0 spiro atoms. The quantitative estimate of drug-likeness (QED) is 0.251. The molecule has 3 aromatic carbocycles. The first-order valence-electron chi connectivity index (χ1n) is 15.7. The molecule has 0 radical (unpaired) electrons. The predicted octanol–water partition coefficient (Wildman–Crippen LogP) is 7.99. The fraction of sp³-hybridized carbons (Fsp3) is 0.486. The molecule has 5 rings (SSSR count). The Morgan fingerprint density at radius 2 is 1.49 bits per heavy atom. The molecule has 0 aromatic heterocycles. The van der Waals surface area contributed by atoms with E-state index in [2.05, 4.69) is 73.0 Å². The Bertz CT molecular complexity index is 1300. The van der Waals surface area contributed by atoms with Crippen LogP contribution in [0.2, 0.25) is 0 Å². The van der Waals surface area contributed by atoms with Gasteiger partial charge in [0.15, 0.2) is 5.78 Å². The van der Waals surface area contributed by atoms with Crippen LogP contribution in [0.5, 0.6) is 0 Å². The lowest BCUT2D eigenvalue weighted by atomic mass is 9.86. The van der Waals surface area contributed by atoms with Gasteiger partial charge in [0.25, 0.3) is 0 Å². The molecule has 0 atom stereocenters. The third kappa shape index (κ3) is 8.36. The molecule has 0 bridgehead atoms. The molecule has 3 aromatic rings. The van der Waals surface area contributed by atoms with Gasteiger partial charge in [-0.1, -0.05) is 69.3 Å². The fourth-order valence-corrected chi connectivity index (χ4v) is 6.47. The van der Waals surface area contributed by atoms with E-state index in [-0.39, 0.29) is 11.2 Å². The Balaban J connectivity index is 1.06. The van der Waals surface area contributed by atoms with Crippen LogP contribution in [-0.4, -0.2) is 41.8 Å². The standard InChI is InChI=1S/C37H47FN2O/c1-37(2,3)34-8-4-7-30(24-34)27-40-22-18-31-12-13-33(25-32(31)19-23-40)36(41)9-5-6-28-16-20-39(21-17-28)26-29-10-14-35(38)15-11-29/h4,7-8,10-15,24-25,28H,5-6,9,16-23,26-27H2,1-3H3. The number of halogens is 1. The van der Waals surface area contributed by atoms with E-state index in [4.69, 9.17) is 0 Å². The van der Waals surface area contributed by atoms with Gasteiger partial charge >= 0.3 is 0 Å². The summed E-state index contributed by atoms with van der Waals surface area (Å²) in [6, 6.07) is 22.4. The zero-order valence-corrected chi connectivity index (χ0v) is 25.3. The average molecular weight is 555 g/mol. The van der Waals surface area contributed by atoms with Gasteiger partial charge in [-0.3, -0.25) is 14.6 Å². The normalized spacial score (nSPS) is 17.3. The highest BCUT2D eigenvalue weighted by molar-refractivity contribution is 5.96. The number of ketones is 1. The summed E-state index contributed by atoms with van der Waals surface area (Å²) >= 11 is 0. The lowest BCUT2D eigenvalue weighted by Crippen LogP contribution is -2.33. The van der Waals surface area contributed by atoms with Crippen molar-refractivity contribution in [3.8, 4) is 0 Å². The van der Waals surface area contributed by atoms with E-state index < -0.39 is 0 Å². The molecule has 0 saturated carbocycles. The van der Waals surface area contributed by atoms with Crippen LogP contribution in [-0.2, 0) is 31.3 Å². The van der Waals surface area contributed by atoms with E-state index in [9.17, 15) is 9.18 Å². The maximum absolute atomic E-state index is 13.2. The lowest BCUT2D eigenvalue weighted by Gasteiger charge is -2.32. The molecule has 3 nitrogen and oxygen atoms in total. The maximum atomic E-state index is 13.2. The molecule has 1 fully saturated rings. The molecule has 0 N–H and O–H groups in total. The largest absolute Gasteiger partial charge is 0.299 e. The number of hydrogen-bond donors (Lipinski definition) is 0. The molecular weight excluding hydrogens is 507 g/mol. The monoisotopic (exact) mass is 554 g/mol. The second-order valence-electron chi connectivity index (χ2n) is 13.4. The lowest BCUT2D eigenvalue weighted by molar-refractivity contribution is 0.0974. The van der Waals surface area contributed by atoms with Crippen molar-refractivity contribution in [2.45, 2.75) is 84.2 Å². The van der Waals surface area contributed by atoms with Crippen LogP contribution < -0.4 is 0 Å². The Kier molecular flexibility index (Phi) is 9.72. The van der Waals surface area contributed by atoms with Crippen molar-refractivity contribution >= 4 is 5.78 Å². The Hall–Kier alpha value is -2.82. The van der Waals surface area contributed by atoms with Gasteiger partial charge in [0.1, 0.15) is 5.82 Å². The topological polar surface area (TPSA) is 23.6 Å². The van der Waals surface area contributed by atoms with E-state index in [0.717, 1.165) is 70.5 Å². The van der Waals surface area contributed by atoms with E-state index in [1.807, 2.05) is 12.1 Å². The molecule has 2 aliphatic rings. The van der Waals surface area contributed by atoms with Crippen LogP contribution in [0, 0.1) is 11.7 Å². The van der Waals surface area contributed by atoms with Gasteiger partial charge in [-0.2, -0.15) is 0 Å². The van der Waals surface area contributed by atoms with Crippen molar-refractivity contribution in [2.75, 3.05) is 26.2 Å². The molecule has 2 heterocycles. The fourth-order valence-electron chi connectivity index (χ4n) is 6.47. The molecule has 1 saturated heterocycles. The molecule has 0 unspecified atom stereocenters. The molecular formula is C37H47FN2O. The van der Waals surface area contributed by atoms with Crippen molar-refractivity contribution in [3.63, 3.8) is 0 Å². The summed E-state index contributed by atoms with van der Waals surface area (Å²) in [5, 5.41) is 0. The first-order chi connectivity index (χ1) is 19.7. The van der Waals surface area contributed by atoms with Gasteiger partial charge in [-0.05, 0) is 109 Å². The summed E-state index contributed by atoms with van der Waals surface area (Å²) in [7, 11) is 0. The number of rotatable bonds is 9. The van der Waals surface area contributed by atoms with E-state index in [1.54, 1.807) is 12.1 Å². The minimum absolute atomic E-state index is 0.164. The van der Waals surface area contributed by atoms with Gasteiger partial charge in [-0.15, -0.1) is 0 Å². The van der Waals surface area contributed by atoms with Crippen LogP contribution in [0.4, 0.5) is 4.39 Å². The molecule has 41 heavy (non-hydrogen) atoms. The zero-order chi connectivity index (χ0) is 28.8. The Labute approximate surface area is 246 Å². The molecule has 0 amide bonds. The highest BCUT2D eigenvalue weighted by Crippen LogP contribution is 2.26. The smallest absolute Gasteiger partial charge is 0.162 e. The minimum Gasteiger partial charge on any atom is -0.299 e. The van der Waals surface area contributed by atoms with Crippen LogP contribution in [0.25, 0.3) is 0 Å². The third-order valence-electron chi connectivity index (χ3n) is 9.16. The zero-order valence-electron chi connectivity index (χ0n) is 25.3.